The van der Waals surface area contributed by atoms with Crippen LogP contribution >= 0.6 is 0 Å². The highest BCUT2D eigenvalue weighted by Gasteiger charge is 2.46. The number of hydrogen-bond acceptors (Lipinski definition) is 4. The third kappa shape index (κ3) is 7.16. The normalized spacial score (nSPS) is 13.3. The van der Waals surface area contributed by atoms with Crippen LogP contribution in [0.2, 0.25) is 0 Å². The number of rotatable bonds is 9. The van der Waals surface area contributed by atoms with Crippen molar-refractivity contribution in [2.75, 3.05) is 6.54 Å². The van der Waals surface area contributed by atoms with E-state index in [0.29, 0.717) is 0 Å². The first-order valence-corrected chi connectivity index (χ1v) is 22.8. The molecule has 0 saturated carbocycles. The van der Waals surface area contributed by atoms with E-state index in [4.69, 9.17) is 4.98 Å². The average molecular weight is 857 g/mol. The van der Waals surface area contributed by atoms with Gasteiger partial charge in [-0.25, -0.2) is 0 Å². The van der Waals surface area contributed by atoms with E-state index in [9.17, 15) is 0 Å². The number of dihydropyridines is 1. The van der Waals surface area contributed by atoms with Gasteiger partial charge in [-0.15, -0.1) is 0 Å². The summed E-state index contributed by atoms with van der Waals surface area (Å²) >= 11 is 0. The molecule has 0 bridgehead atoms. The SMILES string of the molecule is C1=CC(c2cncc(-c3cccc(-c4cc(-c5cccc(-c6cncc(-c7cccnc7)c6)c5)cc(-c5cccc6c5-c5ccccc5C6(c5ccccc5)c5ccccc5)c4)c3)c2)=CNC1. The molecule has 0 fully saturated rings. The fourth-order valence-electron chi connectivity index (χ4n) is 10.3. The molecular formula is C63H44N4. The summed E-state index contributed by atoms with van der Waals surface area (Å²) in [7, 11) is 0. The van der Waals surface area contributed by atoms with Crippen molar-refractivity contribution in [3.8, 4) is 77.9 Å². The zero-order valence-corrected chi connectivity index (χ0v) is 36.7. The smallest absolute Gasteiger partial charge is 0.0713 e. The van der Waals surface area contributed by atoms with Gasteiger partial charge in [0.15, 0.2) is 0 Å². The third-order valence-corrected chi connectivity index (χ3v) is 13.4. The Kier molecular flexibility index (Phi) is 10.1. The molecule has 3 aromatic heterocycles. The quantitative estimate of drug-likeness (QED) is 0.157. The molecule has 10 aromatic rings. The molecule has 0 atom stereocenters. The molecule has 0 saturated heterocycles. The minimum atomic E-state index is -0.506. The number of aromatic nitrogens is 3. The molecule has 4 nitrogen and oxygen atoms in total. The van der Waals surface area contributed by atoms with Crippen LogP contribution in [0.3, 0.4) is 0 Å². The molecule has 0 spiro atoms. The fourth-order valence-corrected chi connectivity index (χ4v) is 10.3. The summed E-state index contributed by atoms with van der Waals surface area (Å²) in [5, 5.41) is 3.34. The first kappa shape index (κ1) is 39.8. The second-order valence-corrected chi connectivity index (χ2v) is 17.3. The van der Waals surface area contributed by atoms with Gasteiger partial charge in [-0.2, -0.15) is 0 Å². The van der Waals surface area contributed by atoms with Gasteiger partial charge in [-0.3, -0.25) is 15.0 Å². The van der Waals surface area contributed by atoms with Crippen LogP contribution in [0.15, 0.2) is 250 Å². The lowest BCUT2D eigenvalue weighted by Crippen LogP contribution is -2.28. The van der Waals surface area contributed by atoms with Crippen molar-refractivity contribution in [3.05, 3.63) is 277 Å². The summed E-state index contributed by atoms with van der Waals surface area (Å²) in [6.45, 7) is 0.833. The van der Waals surface area contributed by atoms with Gasteiger partial charge >= 0.3 is 0 Å². The molecule has 1 aliphatic heterocycles. The van der Waals surface area contributed by atoms with E-state index in [1.807, 2.05) is 37.1 Å². The van der Waals surface area contributed by atoms with Crippen LogP contribution in [0, 0.1) is 0 Å². The number of nitrogens with zero attached hydrogens (tertiary/aromatic N) is 3. The molecule has 1 N–H and O–H groups in total. The lowest BCUT2D eigenvalue weighted by atomic mass is 9.67. The largest absolute Gasteiger partial charge is 0.387 e. The molecule has 0 radical (unpaired) electrons. The Hall–Kier alpha value is -8.73. The Labute approximate surface area is 391 Å². The van der Waals surface area contributed by atoms with Crippen molar-refractivity contribution < 1.29 is 0 Å². The first-order valence-electron chi connectivity index (χ1n) is 22.8. The van der Waals surface area contributed by atoms with E-state index < -0.39 is 5.41 Å². The highest BCUT2D eigenvalue weighted by Crippen LogP contribution is 2.58. The minimum absolute atomic E-state index is 0.506. The van der Waals surface area contributed by atoms with Crippen LogP contribution in [0.1, 0.15) is 27.8 Å². The van der Waals surface area contributed by atoms with Crippen molar-refractivity contribution in [2.45, 2.75) is 5.41 Å². The van der Waals surface area contributed by atoms with Gasteiger partial charge in [-0.1, -0.05) is 158 Å². The van der Waals surface area contributed by atoms with Gasteiger partial charge in [0.05, 0.1) is 5.41 Å². The first-order chi connectivity index (χ1) is 33.2. The summed E-state index contributed by atoms with van der Waals surface area (Å²) < 4.78 is 0. The molecule has 1 aliphatic carbocycles. The number of benzene rings is 7. The van der Waals surface area contributed by atoms with Crippen LogP contribution in [-0.4, -0.2) is 21.5 Å². The van der Waals surface area contributed by atoms with Gasteiger partial charge in [0, 0.05) is 77.7 Å². The van der Waals surface area contributed by atoms with E-state index in [1.54, 1.807) is 6.20 Å². The maximum Gasteiger partial charge on any atom is 0.0713 e. The van der Waals surface area contributed by atoms with Gasteiger partial charge < -0.3 is 5.32 Å². The molecule has 0 unspecified atom stereocenters. The Morgan fingerprint density at radius 2 is 0.836 bits per heavy atom. The van der Waals surface area contributed by atoms with Gasteiger partial charge in [-0.05, 0) is 132 Å². The zero-order valence-electron chi connectivity index (χ0n) is 36.7. The molecule has 12 rings (SSSR count). The van der Waals surface area contributed by atoms with Crippen LogP contribution in [0.5, 0.6) is 0 Å². The summed E-state index contributed by atoms with van der Waals surface area (Å²) in [4.78, 5) is 13.7. The van der Waals surface area contributed by atoms with Crippen LogP contribution in [0.25, 0.3) is 83.5 Å². The zero-order chi connectivity index (χ0) is 44.6. The number of fused-ring (bicyclic) bond motifs is 3. The Morgan fingerprint density at radius 3 is 1.46 bits per heavy atom. The second-order valence-electron chi connectivity index (χ2n) is 17.3. The average Bonchev–Trinajstić information content (AvgIpc) is 3.73. The van der Waals surface area contributed by atoms with Crippen molar-refractivity contribution in [3.63, 3.8) is 0 Å². The highest BCUT2D eigenvalue weighted by atomic mass is 14.8. The molecule has 67 heavy (non-hydrogen) atoms. The monoisotopic (exact) mass is 856 g/mol. The molecule has 2 aliphatic rings. The summed E-state index contributed by atoms with van der Waals surface area (Å²) in [5.74, 6) is 0. The van der Waals surface area contributed by atoms with Gasteiger partial charge in [0.1, 0.15) is 0 Å². The standard InChI is InChI=1S/C63H44N4/c1-3-20-56(21-4-1)63(57-22-5-2-6-23-57)60-26-8-7-24-59(60)62-58(25-11-27-61(62)63)51-33-49(43-14-9-16-45(30-43)52-35-54(41-66-39-52)47-18-12-28-64-37-47)32-50(34-51)44-15-10-17-46(31-44)53-36-55(42-67-40-53)48-19-13-29-65-38-48/h1-28,30-42,65H,29H2. The lowest BCUT2D eigenvalue weighted by Gasteiger charge is -2.34. The summed E-state index contributed by atoms with van der Waals surface area (Å²) in [5.41, 5.74) is 22.5. The fraction of sp³-hybridized carbons (Fsp3) is 0.0317. The van der Waals surface area contributed by atoms with E-state index in [2.05, 4.69) is 222 Å². The van der Waals surface area contributed by atoms with E-state index in [0.717, 1.165) is 78.9 Å². The molecule has 0 amide bonds. The van der Waals surface area contributed by atoms with Crippen LogP contribution in [-0.2, 0) is 5.41 Å². The van der Waals surface area contributed by atoms with E-state index in [1.165, 1.54) is 38.9 Å². The summed E-state index contributed by atoms with van der Waals surface area (Å²) in [6, 6.07) is 71.3. The molecule has 4 heterocycles. The number of pyridine rings is 3. The number of allylic oxidation sites excluding steroid dienone is 2. The third-order valence-electron chi connectivity index (χ3n) is 13.4. The lowest BCUT2D eigenvalue weighted by molar-refractivity contribution is 0.768. The molecule has 316 valence electrons. The van der Waals surface area contributed by atoms with E-state index in [-0.39, 0.29) is 0 Å². The Balaban J connectivity index is 1.05. The maximum atomic E-state index is 4.70. The molecule has 7 aromatic carbocycles. The topological polar surface area (TPSA) is 50.7 Å². The van der Waals surface area contributed by atoms with Crippen molar-refractivity contribution in [2.24, 2.45) is 0 Å². The predicted octanol–water partition coefficient (Wildman–Crippen LogP) is 14.7. The predicted molar refractivity (Wildman–Crippen MR) is 275 cm³/mol. The number of nitrogens with one attached hydrogen (secondary N) is 1. The maximum absolute atomic E-state index is 4.70. The summed E-state index contributed by atoms with van der Waals surface area (Å²) in [6.07, 6.45) is 17.8. The van der Waals surface area contributed by atoms with Crippen molar-refractivity contribution in [1.82, 2.24) is 20.3 Å². The van der Waals surface area contributed by atoms with Gasteiger partial charge in [0.2, 0.25) is 0 Å². The Morgan fingerprint density at radius 1 is 0.358 bits per heavy atom. The number of hydrogen-bond donors (Lipinski definition) is 1. The second kappa shape index (κ2) is 17.0. The Bertz CT molecular complexity index is 3480. The molecule has 4 heteroatoms. The van der Waals surface area contributed by atoms with Crippen LogP contribution in [0.4, 0.5) is 0 Å². The van der Waals surface area contributed by atoms with Crippen molar-refractivity contribution >= 4 is 5.57 Å². The van der Waals surface area contributed by atoms with Crippen molar-refractivity contribution in [1.29, 1.82) is 0 Å². The minimum Gasteiger partial charge on any atom is -0.387 e. The van der Waals surface area contributed by atoms with Crippen LogP contribution < -0.4 is 5.32 Å². The highest BCUT2D eigenvalue weighted by molar-refractivity contribution is 5.97. The molecular weight excluding hydrogens is 813 g/mol. The van der Waals surface area contributed by atoms with E-state index >= 15 is 0 Å². The van der Waals surface area contributed by atoms with Gasteiger partial charge in [0.25, 0.3) is 0 Å².